The van der Waals surface area contributed by atoms with Gasteiger partial charge in [0, 0.05) is 25.4 Å². The summed E-state index contributed by atoms with van der Waals surface area (Å²) in [6, 6.07) is 1.71. The number of alkyl halides is 3. The third kappa shape index (κ3) is 4.85. The number of methoxy groups -OCH3 is 1. The molecule has 0 bridgehead atoms. The standard InChI is InChI=1S/C17H22F3N3O3/c1-25-9-13-3-2-6-23(13)22-15(24)12-7-14(11-4-5-11)16(21-8-12)26-10-17(18,19)20/h7-8,11,13H,2-6,9-10H2,1H3,(H,22,24). The van der Waals surface area contributed by atoms with Crippen LogP contribution >= 0.6 is 0 Å². The molecule has 1 amide bonds. The summed E-state index contributed by atoms with van der Waals surface area (Å²) in [5.74, 6) is -0.268. The highest BCUT2D eigenvalue weighted by Crippen LogP contribution is 2.44. The highest BCUT2D eigenvalue weighted by atomic mass is 19.4. The number of hydrogen-bond acceptors (Lipinski definition) is 5. The molecule has 0 spiro atoms. The van der Waals surface area contributed by atoms with Gasteiger partial charge in [-0.15, -0.1) is 0 Å². The van der Waals surface area contributed by atoms with Gasteiger partial charge in [-0.2, -0.15) is 13.2 Å². The van der Waals surface area contributed by atoms with E-state index in [2.05, 4.69) is 10.4 Å². The average molecular weight is 373 g/mol. The van der Waals surface area contributed by atoms with Crippen molar-refractivity contribution < 1.29 is 27.4 Å². The monoisotopic (exact) mass is 373 g/mol. The number of carbonyl (C=O) groups is 1. The second kappa shape index (κ2) is 7.79. The summed E-state index contributed by atoms with van der Waals surface area (Å²) >= 11 is 0. The average Bonchev–Trinajstić information content (AvgIpc) is 3.35. The summed E-state index contributed by atoms with van der Waals surface area (Å²) in [4.78, 5) is 16.5. The van der Waals surface area contributed by atoms with Crippen LogP contribution < -0.4 is 10.2 Å². The molecule has 0 aromatic carbocycles. The predicted molar refractivity (Wildman–Crippen MR) is 86.8 cm³/mol. The van der Waals surface area contributed by atoms with E-state index in [1.165, 1.54) is 6.20 Å². The third-order valence-corrected chi connectivity index (χ3v) is 4.51. The van der Waals surface area contributed by atoms with E-state index in [0.717, 1.165) is 32.2 Å². The SMILES string of the molecule is COCC1CCCN1NC(=O)c1cnc(OCC(F)(F)F)c(C2CC2)c1. The number of nitrogens with one attached hydrogen (secondary N) is 1. The van der Waals surface area contributed by atoms with Gasteiger partial charge in [0.2, 0.25) is 5.88 Å². The molecule has 1 atom stereocenters. The number of nitrogens with zero attached hydrogens (tertiary/aromatic N) is 2. The minimum atomic E-state index is -4.43. The molecule has 2 aliphatic rings. The van der Waals surface area contributed by atoms with Crippen molar-refractivity contribution in [3.63, 3.8) is 0 Å². The Morgan fingerprint density at radius 1 is 1.38 bits per heavy atom. The van der Waals surface area contributed by atoms with Gasteiger partial charge in [0.05, 0.1) is 18.2 Å². The van der Waals surface area contributed by atoms with Crippen LogP contribution in [0.5, 0.6) is 5.88 Å². The van der Waals surface area contributed by atoms with Gasteiger partial charge in [0.25, 0.3) is 5.91 Å². The molecular formula is C17H22F3N3O3. The molecular weight excluding hydrogens is 351 g/mol. The van der Waals surface area contributed by atoms with E-state index in [0.29, 0.717) is 17.7 Å². The summed E-state index contributed by atoms with van der Waals surface area (Å²) in [6.45, 7) is -0.136. The summed E-state index contributed by atoms with van der Waals surface area (Å²) in [7, 11) is 1.61. The van der Waals surface area contributed by atoms with Crippen molar-refractivity contribution in [1.29, 1.82) is 0 Å². The van der Waals surface area contributed by atoms with Crippen LogP contribution in [0.25, 0.3) is 0 Å². The largest absolute Gasteiger partial charge is 0.468 e. The molecule has 2 heterocycles. The number of pyridine rings is 1. The van der Waals surface area contributed by atoms with Gasteiger partial charge in [-0.25, -0.2) is 9.99 Å². The minimum Gasteiger partial charge on any atom is -0.468 e. The number of ether oxygens (including phenoxy) is 2. The van der Waals surface area contributed by atoms with Gasteiger partial charge in [-0.1, -0.05) is 0 Å². The highest BCUT2D eigenvalue weighted by Gasteiger charge is 2.33. The maximum atomic E-state index is 12.5. The fourth-order valence-corrected chi connectivity index (χ4v) is 3.09. The first-order chi connectivity index (χ1) is 12.4. The maximum Gasteiger partial charge on any atom is 0.422 e. The Balaban J connectivity index is 1.69. The van der Waals surface area contributed by atoms with Crippen molar-refractivity contribution in [2.45, 2.75) is 43.8 Å². The molecule has 1 aromatic rings. The van der Waals surface area contributed by atoms with Crippen LogP contribution in [-0.4, -0.2) is 55.0 Å². The number of aromatic nitrogens is 1. The van der Waals surface area contributed by atoms with Crippen LogP contribution in [0.1, 0.15) is 47.5 Å². The molecule has 1 saturated carbocycles. The summed E-state index contributed by atoms with van der Waals surface area (Å²) < 4.78 is 47.2. The van der Waals surface area contributed by atoms with E-state index in [-0.39, 0.29) is 23.7 Å². The van der Waals surface area contributed by atoms with E-state index in [1.807, 2.05) is 5.01 Å². The fourth-order valence-electron chi connectivity index (χ4n) is 3.09. The first kappa shape index (κ1) is 18.9. The zero-order valence-electron chi connectivity index (χ0n) is 14.5. The van der Waals surface area contributed by atoms with Crippen molar-refractivity contribution >= 4 is 5.91 Å². The predicted octanol–water partition coefficient (Wildman–Crippen LogP) is 2.66. The minimum absolute atomic E-state index is 0.0418. The lowest BCUT2D eigenvalue weighted by molar-refractivity contribution is -0.154. The van der Waals surface area contributed by atoms with Gasteiger partial charge in [-0.05, 0) is 37.7 Å². The maximum absolute atomic E-state index is 12.5. The van der Waals surface area contributed by atoms with Crippen molar-refractivity contribution in [2.75, 3.05) is 26.9 Å². The Bertz CT molecular complexity index is 650. The van der Waals surface area contributed by atoms with Crippen LogP contribution in [-0.2, 0) is 4.74 Å². The molecule has 9 heteroatoms. The molecule has 1 aromatic heterocycles. The zero-order chi connectivity index (χ0) is 18.7. The normalized spacial score (nSPS) is 21.0. The lowest BCUT2D eigenvalue weighted by Gasteiger charge is -2.24. The van der Waals surface area contributed by atoms with Gasteiger partial charge < -0.3 is 9.47 Å². The Morgan fingerprint density at radius 3 is 2.81 bits per heavy atom. The van der Waals surface area contributed by atoms with Gasteiger partial charge in [0.15, 0.2) is 6.61 Å². The number of hydrazine groups is 1. The van der Waals surface area contributed by atoms with Crippen molar-refractivity contribution in [3.8, 4) is 5.88 Å². The molecule has 1 N–H and O–H groups in total. The first-order valence-corrected chi connectivity index (χ1v) is 8.63. The van der Waals surface area contributed by atoms with Gasteiger partial charge in [-0.3, -0.25) is 10.2 Å². The molecule has 3 rings (SSSR count). The number of amides is 1. The van der Waals surface area contributed by atoms with Crippen LogP contribution in [0.3, 0.4) is 0 Å². The number of hydrogen-bond donors (Lipinski definition) is 1. The van der Waals surface area contributed by atoms with Crippen LogP contribution in [0.2, 0.25) is 0 Å². The lowest BCUT2D eigenvalue weighted by atomic mass is 10.1. The molecule has 1 saturated heterocycles. The van der Waals surface area contributed by atoms with Crippen LogP contribution in [0.15, 0.2) is 12.3 Å². The molecule has 1 aliphatic carbocycles. The Kier molecular flexibility index (Phi) is 5.67. The molecule has 144 valence electrons. The lowest BCUT2D eigenvalue weighted by Crippen LogP contribution is -2.46. The topological polar surface area (TPSA) is 63.7 Å². The van der Waals surface area contributed by atoms with Gasteiger partial charge >= 0.3 is 6.18 Å². The summed E-state index contributed by atoms with van der Waals surface area (Å²) in [6.07, 6.45) is 0.446. The second-order valence-electron chi connectivity index (χ2n) is 6.68. The van der Waals surface area contributed by atoms with E-state index < -0.39 is 12.8 Å². The van der Waals surface area contributed by atoms with E-state index in [4.69, 9.17) is 9.47 Å². The Morgan fingerprint density at radius 2 is 2.15 bits per heavy atom. The zero-order valence-corrected chi connectivity index (χ0v) is 14.5. The number of halogens is 3. The van der Waals surface area contributed by atoms with Crippen molar-refractivity contribution in [3.05, 3.63) is 23.4 Å². The van der Waals surface area contributed by atoms with Crippen molar-refractivity contribution in [1.82, 2.24) is 15.4 Å². The van der Waals surface area contributed by atoms with Gasteiger partial charge in [0.1, 0.15) is 0 Å². The number of carbonyl (C=O) groups excluding carboxylic acids is 1. The first-order valence-electron chi connectivity index (χ1n) is 8.63. The quantitative estimate of drug-likeness (QED) is 0.796. The molecule has 1 unspecified atom stereocenters. The molecule has 26 heavy (non-hydrogen) atoms. The van der Waals surface area contributed by atoms with Crippen molar-refractivity contribution in [2.24, 2.45) is 0 Å². The number of rotatable bonds is 7. The van der Waals surface area contributed by atoms with Crippen LogP contribution in [0, 0.1) is 0 Å². The molecule has 1 aliphatic heterocycles. The second-order valence-corrected chi connectivity index (χ2v) is 6.68. The molecule has 0 radical (unpaired) electrons. The van der Waals surface area contributed by atoms with Crippen LogP contribution in [0.4, 0.5) is 13.2 Å². The summed E-state index contributed by atoms with van der Waals surface area (Å²) in [5.41, 5.74) is 3.73. The highest BCUT2D eigenvalue weighted by molar-refractivity contribution is 5.93. The molecule has 6 nitrogen and oxygen atoms in total. The molecule has 2 fully saturated rings. The van der Waals surface area contributed by atoms with E-state index >= 15 is 0 Å². The summed E-state index contributed by atoms with van der Waals surface area (Å²) in [5, 5.41) is 1.84. The third-order valence-electron chi connectivity index (χ3n) is 4.51. The Labute approximate surface area is 149 Å². The fraction of sp³-hybridized carbons (Fsp3) is 0.647. The smallest absolute Gasteiger partial charge is 0.422 e. The Hall–Kier alpha value is -1.87. The van der Waals surface area contributed by atoms with E-state index in [1.54, 1.807) is 13.2 Å². The van der Waals surface area contributed by atoms with E-state index in [9.17, 15) is 18.0 Å².